The average molecular weight is 246 g/mol. The number of nitrogens with two attached hydrogens (primary N) is 1. The van der Waals surface area contributed by atoms with Gasteiger partial charge in [-0.3, -0.25) is 0 Å². The molecule has 0 amide bonds. The molecule has 1 aromatic heterocycles. The quantitative estimate of drug-likeness (QED) is 0.851. The standard InChI is InChI=1S/C9H12BrNS/c10-8-4-7(5-11)12-9(8)6-2-1-3-6/h4,6H,1-3,5,11H2. The Morgan fingerprint density at radius 2 is 2.33 bits per heavy atom. The highest BCUT2D eigenvalue weighted by molar-refractivity contribution is 9.10. The smallest absolute Gasteiger partial charge is 0.0320 e. The molecule has 1 aliphatic rings. The van der Waals surface area contributed by atoms with Gasteiger partial charge in [0.25, 0.3) is 0 Å². The van der Waals surface area contributed by atoms with E-state index in [1.165, 1.54) is 33.5 Å². The van der Waals surface area contributed by atoms with Crippen molar-refractivity contribution in [3.63, 3.8) is 0 Å². The molecule has 12 heavy (non-hydrogen) atoms. The normalized spacial score (nSPS) is 17.8. The van der Waals surface area contributed by atoms with Gasteiger partial charge >= 0.3 is 0 Å². The summed E-state index contributed by atoms with van der Waals surface area (Å²) in [5.74, 6) is 0.824. The van der Waals surface area contributed by atoms with Crippen LogP contribution in [0.3, 0.4) is 0 Å². The Bertz CT molecular complexity index is 278. The summed E-state index contributed by atoms with van der Waals surface area (Å²) in [7, 11) is 0. The summed E-state index contributed by atoms with van der Waals surface area (Å²) in [6, 6.07) is 2.16. The third-order valence-corrected chi connectivity index (χ3v) is 4.68. The van der Waals surface area contributed by atoms with Crippen LogP contribution >= 0.6 is 27.3 Å². The van der Waals surface area contributed by atoms with Crippen LogP contribution in [0.15, 0.2) is 10.5 Å². The third-order valence-electron chi connectivity index (χ3n) is 2.44. The van der Waals surface area contributed by atoms with Crippen molar-refractivity contribution < 1.29 is 0 Å². The van der Waals surface area contributed by atoms with Gasteiger partial charge in [0.1, 0.15) is 0 Å². The van der Waals surface area contributed by atoms with E-state index >= 15 is 0 Å². The summed E-state index contributed by atoms with van der Waals surface area (Å²) >= 11 is 5.46. The Labute approximate surface area is 85.1 Å². The van der Waals surface area contributed by atoms with Crippen LogP contribution in [0.2, 0.25) is 0 Å². The van der Waals surface area contributed by atoms with Crippen LogP contribution in [-0.2, 0) is 6.54 Å². The van der Waals surface area contributed by atoms with Gasteiger partial charge < -0.3 is 5.73 Å². The average Bonchev–Trinajstić information content (AvgIpc) is 2.29. The van der Waals surface area contributed by atoms with Crippen molar-refractivity contribution in [2.75, 3.05) is 0 Å². The maximum absolute atomic E-state index is 5.58. The Hall–Kier alpha value is 0.140. The van der Waals surface area contributed by atoms with Crippen LogP contribution in [-0.4, -0.2) is 0 Å². The first-order valence-corrected chi connectivity index (χ1v) is 5.90. The van der Waals surface area contributed by atoms with Gasteiger partial charge in [0.05, 0.1) is 0 Å². The van der Waals surface area contributed by atoms with Crippen molar-refractivity contribution >= 4 is 27.3 Å². The lowest BCUT2D eigenvalue weighted by molar-refractivity contribution is 0.424. The lowest BCUT2D eigenvalue weighted by atomic mass is 9.84. The molecule has 1 aromatic rings. The summed E-state index contributed by atoms with van der Waals surface area (Å²) in [4.78, 5) is 2.81. The molecule has 66 valence electrons. The molecular weight excluding hydrogens is 234 g/mol. The molecule has 1 saturated carbocycles. The zero-order valence-corrected chi connectivity index (χ0v) is 9.25. The number of halogens is 1. The van der Waals surface area contributed by atoms with Crippen LogP contribution in [0, 0.1) is 0 Å². The fourth-order valence-corrected chi connectivity index (χ4v) is 3.58. The lowest BCUT2D eigenvalue weighted by Crippen LogP contribution is -2.07. The molecule has 0 aliphatic heterocycles. The van der Waals surface area contributed by atoms with E-state index in [9.17, 15) is 0 Å². The molecule has 0 saturated heterocycles. The van der Waals surface area contributed by atoms with Crippen molar-refractivity contribution in [3.05, 3.63) is 20.3 Å². The highest BCUT2D eigenvalue weighted by atomic mass is 79.9. The zero-order valence-electron chi connectivity index (χ0n) is 6.85. The SMILES string of the molecule is NCc1cc(Br)c(C2CCC2)s1. The van der Waals surface area contributed by atoms with Crippen molar-refractivity contribution in [2.24, 2.45) is 5.73 Å². The van der Waals surface area contributed by atoms with E-state index in [0.29, 0.717) is 6.54 Å². The number of hydrogen-bond donors (Lipinski definition) is 1. The Balaban J connectivity index is 2.23. The van der Waals surface area contributed by atoms with Gasteiger partial charge in [0.15, 0.2) is 0 Å². The molecule has 0 unspecified atom stereocenters. The second-order valence-corrected chi connectivity index (χ2v) is 5.28. The van der Waals surface area contributed by atoms with E-state index in [2.05, 4.69) is 22.0 Å². The van der Waals surface area contributed by atoms with Crippen LogP contribution < -0.4 is 5.73 Å². The van der Waals surface area contributed by atoms with Gasteiger partial charge in [-0.2, -0.15) is 0 Å². The maximum Gasteiger partial charge on any atom is 0.0320 e. The molecule has 0 aromatic carbocycles. The molecular formula is C9H12BrNS. The molecule has 1 fully saturated rings. The van der Waals surface area contributed by atoms with Gasteiger partial charge in [0.2, 0.25) is 0 Å². The van der Waals surface area contributed by atoms with E-state index in [1.54, 1.807) is 0 Å². The molecule has 1 nitrogen and oxygen atoms in total. The minimum Gasteiger partial charge on any atom is -0.326 e. The van der Waals surface area contributed by atoms with Gasteiger partial charge in [-0.25, -0.2) is 0 Å². The fourth-order valence-electron chi connectivity index (χ4n) is 1.48. The molecule has 0 spiro atoms. The first-order valence-electron chi connectivity index (χ1n) is 4.29. The first kappa shape index (κ1) is 8.73. The zero-order chi connectivity index (χ0) is 8.55. The minimum absolute atomic E-state index is 0.677. The maximum atomic E-state index is 5.58. The van der Waals surface area contributed by atoms with Crippen molar-refractivity contribution in [1.82, 2.24) is 0 Å². The molecule has 2 rings (SSSR count). The Kier molecular flexibility index (Phi) is 2.53. The minimum atomic E-state index is 0.677. The van der Waals surface area contributed by atoms with Crippen molar-refractivity contribution in [3.8, 4) is 0 Å². The summed E-state index contributed by atoms with van der Waals surface area (Å²) in [5.41, 5.74) is 5.58. The van der Waals surface area contributed by atoms with Crippen molar-refractivity contribution in [2.45, 2.75) is 31.7 Å². The van der Waals surface area contributed by atoms with Crippen LogP contribution in [0.5, 0.6) is 0 Å². The second kappa shape index (κ2) is 3.48. The summed E-state index contributed by atoms with van der Waals surface area (Å²) in [6.45, 7) is 0.677. The summed E-state index contributed by atoms with van der Waals surface area (Å²) in [6.07, 6.45) is 4.12. The highest BCUT2D eigenvalue weighted by Gasteiger charge is 2.23. The molecule has 3 heteroatoms. The molecule has 0 atom stereocenters. The van der Waals surface area contributed by atoms with E-state index in [4.69, 9.17) is 5.73 Å². The summed E-state index contributed by atoms with van der Waals surface area (Å²) < 4.78 is 1.28. The van der Waals surface area contributed by atoms with E-state index < -0.39 is 0 Å². The van der Waals surface area contributed by atoms with Gasteiger partial charge in [-0.05, 0) is 40.8 Å². The highest BCUT2D eigenvalue weighted by Crippen LogP contribution is 2.43. The molecule has 1 aliphatic carbocycles. The van der Waals surface area contributed by atoms with Gasteiger partial charge in [0, 0.05) is 20.8 Å². The van der Waals surface area contributed by atoms with Crippen LogP contribution in [0.1, 0.15) is 34.9 Å². The monoisotopic (exact) mass is 245 g/mol. The molecule has 0 radical (unpaired) electrons. The van der Waals surface area contributed by atoms with Gasteiger partial charge in [-0.1, -0.05) is 6.42 Å². The number of hydrogen-bond acceptors (Lipinski definition) is 2. The predicted octanol–water partition coefficient (Wildman–Crippen LogP) is 3.24. The molecule has 1 heterocycles. The predicted molar refractivity (Wildman–Crippen MR) is 56.5 cm³/mol. The third kappa shape index (κ3) is 1.45. The Morgan fingerprint density at radius 1 is 1.58 bits per heavy atom. The Morgan fingerprint density at radius 3 is 2.75 bits per heavy atom. The van der Waals surface area contributed by atoms with Crippen LogP contribution in [0.4, 0.5) is 0 Å². The lowest BCUT2D eigenvalue weighted by Gasteiger charge is -2.24. The molecule has 2 N–H and O–H groups in total. The van der Waals surface area contributed by atoms with Crippen molar-refractivity contribution in [1.29, 1.82) is 0 Å². The van der Waals surface area contributed by atoms with Crippen LogP contribution in [0.25, 0.3) is 0 Å². The second-order valence-electron chi connectivity index (χ2n) is 3.26. The number of thiophene rings is 1. The largest absolute Gasteiger partial charge is 0.326 e. The van der Waals surface area contributed by atoms with Gasteiger partial charge in [-0.15, -0.1) is 11.3 Å². The summed E-state index contributed by atoms with van der Waals surface area (Å²) in [5, 5.41) is 0. The van der Waals surface area contributed by atoms with E-state index in [-0.39, 0.29) is 0 Å². The molecule has 0 bridgehead atoms. The van der Waals surface area contributed by atoms with E-state index in [1.807, 2.05) is 11.3 Å². The first-order chi connectivity index (χ1) is 5.81. The number of rotatable bonds is 2. The topological polar surface area (TPSA) is 26.0 Å². The fraction of sp³-hybridized carbons (Fsp3) is 0.556. The van der Waals surface area contributed by atoms with E-state index in [0.717, 1.165) is 5.92 Å².